The first-order chi connectivity index (χ1) is 8.63. The zero-order valence-corrected chi connectivity index (χ0v) is 13.4. The SMILES string of the molecule is CCC1SCCSC1c1ncc(C(C)Cl)c(C)n1. The van der Waals surface area contributed by atoms with Crippen molar-refractivity contribution in [3.05, 3.63) is 23.3 Å². The zero-order valence-electron chi connectivity index (χ0n) is 11.0. The lowest BCUT2D eigenvalue weighted by Crippen LogP contribution is -2.21. The van der Waals surface area contributed by atoms with Gasteiger partial charge in [-0.15, -0.1) is 23.4 Å². The van der Waals surface area contributed by atoms with Gasteiger partial charge in [0.05, 0.1) is 10.6 Å². The van der Waals surface area contributed by atoms with E-state index in [9.17, 15) is 0 Å². The zero-order chi connectivity index (χ0) is 13.1. The van der Waals surface area contributed by atoms with Gasteiger partial charge in [0.15, 0.2) is 0 Å². The predicted octanol–water partition coefficient (Wildman–Crippen LogP) is 4.38. The Balaban J connectivity index is 2.24. The van der Waals surface area contributed by atoms with Gasteiger partial charge in [-0.05, 0) is 20.3 Å². The number of aromatic nitrogens is 2. The second-order valence-electron chi connectivity index (χ2n) is 4.49. The van der Waals surface area contributed by atoms with Crippen LogP contribution in [-0.2, 0) is 0 Å². The molecule has 1 aromatic heterocycles. The third-order valence-corrected chi connectivity index (χ3v) is 6.65. The Labute approximate surface area is 123 Å². The molecule has 0 aliphatic carbocycles. The molecule has 0 N–H and O–H groups in total. The highest BCUT2D eigenvalue weighted by atomic mass is 35.5. The fourth-order valence-corrected chi connectivity index (χ4v) is 5.38. The van der Waals surface area contributed by atoms with E-state index < -0.39 is 0 Å². The van der Waals surface area contributed by atoms with Crippen molar-refractivity contribution < 1.29 is 0 Å². The molecule has 0 radical (unpaired) electrons. The summed E-state index contributed by atoms with van der Waals surface area (Å²) in [5, 5.41) is 1.06. The quantitative estimate of drug-likeness (QED) is 0.774. The molecule has 0 aromatic carbocycles. The van der Waals surface area contributed by atoms with Gasteiger partial charge in [0.25, 0.3) is 0 Å². The second kappa shape index (κ2) is 6.49. The molecule has 0 spiro atoms. The van der Waals surface area contributed by atoms with E-state index in [1.54, 1.807) is 0 Å². The molecule has 0 saturated carbocycles. The van der Waals surface area contributed by atoms with Gasteiger partial charge >= 0.3 is 0 Å². The molecule has 1 aliphatic heterocycles. The van der Waals surface area contributed by atoms with Gasteiger partial charge in [-0.25, -0.2) is 9.97 Å². The monoisotopic (exact) mass is 302 g/mol. The van der Waals surface area contributed by atoms with E-state index >= 15 is 0 Å². The second-order valence-corrected chi connectivity index (χ2v) is 7.75. The van der Waals surface area contributed by atoms with Crippen LogP contribution in [0.25, 0.3) is 0 Å². The van der Waals surface area contributed by atoms with Crippen molar-refractivity contribution in [2.45, 2.75) is 43.1 Å². The van der Waals surface area contributed by atoms with Crippen molar-refractivity contribution in [3.8, 4) is 0 Å². The summed E-state index contributed by atoms with van der Waals surface area (Å²) in [4.78, 5) is 9.24. The van der Waals surface area contributed by atoms with Gasteiger partial charge in [0.1, 0.15) is 5.82 Å². The standard InChI is InChI=1S/C13H19ClN2S2/c1-4-11-12(18-6-5-17-11)13-15-7-10(8(2)14)9(3)16-13/h7-8,11-12H,4-6H2,1-3H3. The Bertz CT molecular complexity index is 412. The molecular weight excluding hydrogens is 284 g/mol. The molecule has 1 saturated heterocycles. The van der Waals surface area contributed by atoms with Gasteiger partial charge < -0.3 is 0 Å². The van der Waals surface area contributed by atoms with Gasteiger partial charge in [0, 0.05) is 34.2 Å². The topological polar surface area (TPSA) is 25.8 Å². The van der Waals surface area contributed by atoms with Gasteiger partial charge in [-0.3, -0.25) is 0 Å². The summed E-state index contributed by atoms with van der Waals surface area (Å²) in [6.07, 6.45) is 3.08. The van der Waals surface area contributed by atoms with Crippen LogP contribution in [0, 0.1) is 6.92 Å². The fraction of sp³-hybridized carbons (Fsp3) is 0.692. The summed E-state index contributed by atoms with van der Waals surface area (Å²) in [5.74, 6) is 3.43. The Morgan fingerprint density at radius 3 is 2.78 bits per heavy atom. The highest BCUT2D eigenvalue weighted by Crippen LogP contribution is 2.42. The van der Waals surface area contributed by atoms with Crippen LogP contribution in [0.15, 0.2) is 6.20 Å². The summed E-state index contributed by atoms with van der Waals surface area (Å²) >= 11 is 10.2. The number of nitrogens with zero attached hydrogens (tertiary/aromatic N) is 2. The average Bonchev–Trinajstić information content (AvgIpc) is 2.38. The molecule has 0 bridgehead atoms. The number of hydrogen-bond donors (Lipinski definition) is 0. The molecular formula is C13H19ClN2S2. The fourth-order valence-electron chi connectivity index (χ4n) is 2.16. The first kappa shape index (κ1) is 14.5. The number of halogens is 1. The molecule has 1 aromatic rings. The van der Waals surface area contributed by atoms with Crippen molar-refractivity contribution in [2.75, 3.05) is 11.5 Å². The summed E-state index contributed by atoms with van der Waals surface area (Å²) in [5.41, 5.74) is 2.07. The maximum Gasteiger partial charge on any atom is 0.142 e. The number of aryl methyl sites for hydroxylation is 1. The minimum absolute atomic E-state index is 0.0191. The highest BCUT2D eigenvalue weighted by molar-refractivity contribution is 8.06. The van der Waals surface area contributed by atoms with Crippen LogP contribution in [-0.4, -0.2) is 26.7 Å². The lowest BCUT2D eigenvalue weighted by molar-refractivity contribution is 0.740. The third kappa shape index (κ3) is 3.14. The van der Waals surface area contributed by atoms with E-state index in [4.69, 9.17) is 11.6 Å². The summed E-state index contributed by atoms with van der Waals surface area (Å²) in [6.45, 7) is 6.24. The van der Waals surface area contributed by atoms with Crippen LogP contribution in [0.2, 0.25) is 0 Å². The first-order valence-electron chi connectivity index (χ1n) is 6.34. The van der Waals surface area contributed by atoms with Crippen LogP contribution in [0.1, 0.15) is 48.0 Å². The van der Waals surface area contributed by atoms with Crippen molar-refractivity contribution in [3.63, 3.8) is 0 Å². The molecule has 2 nitrogen and oxygen atoms in total. The molecule has 1 fully saturated rings. The Hall–Kier alpha value is 0.0700. The van der Waals surface area contributed by atoms with Gasteiger partial charge in [-0.2, -0.15) is 11.8 Å². The minimum atomic E-state index is -0.0191. The highest BCUT2D eigenvalue weighted by Gasteiger charge is 2.29. The molecule has 2 heterocycles. The van der Waals surface area contributed by atoms with E-state index in [0.717, 1.165) is 17.1 Å². The molecule has 100 valence electrons. The van der Waals surface area contributed by atoms with Crippen molar-refractivity contribution in [1.82, 2.24) is 9.97 Å². The Morgan fingerprint density at radius 2 is 2.17 bits per heavy atom. The number of thioether (sulfide) groups is 2. The van der Waals surface area contributed by atoms with Crippen molar-refractivity contribution in [2.24, 2.45) is 0 Å². The van der Waals surface area contributed by atoms with E-state index in [0.29, 0.717) is 10.5 Å². The third-order valence-electron chi connectivity index (χ3n) is 3.17. The van der Waals surface area contributed by atoms with Crippen molar-refractivity contribution >= 4 is 35.1 Å². The Morgan fingerprint density at radius 1 is 1.44 bits per heavy atom. The van der Waals surface area contributed by atoms with Gasteiger partial charge in [0.2, 0.25) is 0 Å². The molecule has 3 atom stereocenters. The van der Waals surface area contributed by atoms with E-state index in [1.165, 1.54) is 17.9 Å². The maximum absolute atomic E-state index is 6.11. The largest absolute Gasteiger partial charge is 0.240 e. The normalized spacial score (nSPS) is 26.0. The van der Waals surface area contributed by atoms with E-state index in [1.807, 2.05) is 31.8 Å². The number of rotatable bonds is 3. The molecule has 0 amide bonds. The molecule has 18 heavy (non-hydrogen) atoms. The molecule has 3 unspecified atom stereocenters. The summed E-state index contributed by atoms with van der Waals surface area (Å²) in [7, 11) is 0. The molecule has 2 rings (SSSR count). The minimum Gasteiger partial charge on any atom is -0.240 e. The lowest BCUT2D eigenvalue weighted by Gasteiger charge is -2.29. The predicted molar refractivity (Wildman–Crippen MR) is 82.8 cm³/mol. The first-order valence-corrected chi connectivity index (χ1v) is 8.87. The smallest absolute Gasteiger partial charge is 0.142 e. The van der Waals surface area contributed by atoms with Crippen LogP contribution in [0.4, 0.5) is 0 Å². The number of alkyl halides is 1. The lowest BCUT2D eigenvalue weighted by atomic mass is 10.1. The maximum atomic E-state index is 6.11. The summed E-state index contributed by atoms with van der Waals surface area (Å²) < 4.78 is 0. The molecule has 5 heteroatoms. The van der Waals surface area contributed by atoms with Crippen LogP contribution in [0.3, 0.4) is 0 Å². The summed E-state index contributed by atoms with van der Waals surface area (Å²) in [6, 6.07) is 0. The van der Waals surface area contributed by atoms with Crippen LogP contribution < -0.4 is 0 Å². The van der Waals surface area contributed by atoms with E-state index in [-0.39, 0.29) is 5.38 Å². The van der Waals surface area contributed by atoms with E-state index in [2.05, 4.69) is 28.7 Å². The van der Waals surface area contributed by atoms with Crippen LogP contribution in [0.5, 0.6) is 0 Å². The van der Waals surface area contributed by atoms with Gasteiger partial charge in [-0.1, -0.05) is 6.92 Å². The number of hydrogen-bond acceptors (Lipinski definition) is 4. The Kier molecular flexibility index (Phi) is 5.22. The average molecular weight is 303 g/mol. The molecule has 1 aliphatic rings. The van der Waals surface area contributed by atoms with Crippen molar-refractivity contribution in [1.29, 1.82) is 0 Å². The van der Waals surface area contributed by atoms with Crippen LogP contribution >= 0.6 is 35.1 Å².